The summed E-state index contributed by atoms with van der Waals surface area (Å²) >= 11 is 0. The lowest BCUT2D eigenvalue weighted by Crippen LogP contribution is -2.31. The zero-order valence-corrected chi connectivity index (χ0v) is 13.4. The second-order valence-electron chi connectivity index (χ2n) is 4.93. The van der Waals surface area contributed by atoms with Crippen molar-refractivity contribution in [1.82, 2.24) is 18.9 Å². The molecule has 2 aromatic heterocycles. The average Bonchev–Trinajstić information content (AvgIpc) is 2.81. The Kier molecular flexibility index (Phi) is 4.79. The molecular weight excluding hydrogens is 290 g/mol. The molecule has 116 valence electrons. The Morgan fingerprint density at radius 3 is 2.81 bits per heavy atom. The van der Waals surface area contributed by atoms with Crippen molar-refractivity contribution in [2.24, 2.45) is 0 Å². The fraction of sp³-hybridized carbons (Fsp3) is 0.538. The van der Waals surface area contributed by atoms with E-state index in [1.54, 1.807) is 4.52 Å². The summed E-state index contributed by atoms with van der Waals surface area (Å²) in [5.74, 6) is 0.562. The quantitative estimate of drug-likeness (QED) is 0.775. The number of pyridine rings is 1. The van der Waals surface area contributed by atoms with E-state index in [1.165, 1.54) is 10.6 Å². The number of nitrogens with one attached hydrogen (secondary N) is 1. The van der Waals surface area contributed by atoms with E-state index in [9.17, 15) is 8.42 Å². The van der Waals surface area contributed by atoms with E-state index in [2.05, 4.69) is 15.4 Å². The van der Waals surface area contributed by atoms with Gasteiger partial charge in [0.25, 0.3) is 0 Å². The van der Waals surface area contributed by atoms with Gasteiger partial charge in [0.1, 0.15) is 0 Å². The summed E-state index contributed by atoms with van der Waals surface area (Å²) in [6.07, 6.45) is 3.79. The van der Waals surface area contributed by atoms with Crippen molar-refractivity contribution in [3.63, 3.8) is 0 Å². The lowest BCUT2D eigenvalue weighted by molar-refractivity contribution is 0.428. The maximum absolute atomic E-state index is 11.5. The maximum atomic E-state index is 11.5. The normalized spacial score (nSPS) is 12.2. The number of nitrogens with zero attached hydrogens (tertiary/aromatic N) is 4. The molecule has 0 amide bonds. The molecule has 1 N–H and O–H groups in total. The van der Waals surface area contributed by atoms with Gasteiger partial charge in [-0.3, -0.25) is 0 Å². The van der Waals surface area contributed by atoms with Gasteiger partial charge in [-0.2, -0.15) is 4.98 Å². The number of hydrogen-bond acceptors (Lipinski definition) is 5. The Morgan fingerprint density at radius 1 is 1.43 bits per heavy atom. The number of aromatic nitrogens is 3. The molecule has 0 aliphatic heterocycles. The molecule has 2 rings (SSSR count). The average molecular weight is 311 g/mol. The fourth-order valence-corrected chi connectivity index (χ4v) is 3.06. The van der Waals surface area contributed by atoms with Gasteiger partial charge in [0.05, 0.1) is 6.26 Å². The molecule has 0 aliphatic carbocycles. The van der Waals surface area contributed by atoms with Crippen LogP contribution in [0.3, 0.4) is 0 Å². The highest BCUT2D eigenvalue weighted by Crippen LogP contribution is 2.09. The van der Waals surface area contributed by atoms with Gasteiger partial charge < -0.3 is 5.32 Å². The third kappa shape index (κ3) is 3.92. The van der Waals surface area contributed by atoms with Crippen molar-refractivity contribution in [3.05, 3.63) is 23.9 Å². The van der Waals surface area contributed by atoms with Gasteiger partial charge >= 0.3 is 0 Å². The van der Waals surface area contributed by atoms with Crippen molar-refractivity contribution < 1.29 is 8.42 Å². The van der Waals surface area contributed by atoms with Crippen LogP contribution in [0.4, 0.5) is 5.95 Å². The molecular formula is C13H21N5O2S. The molecule has 8 heteroatoms. The minimum absolute atomic E-state index is 0.491. The number of fused-ring (bicyclic) bond motifs is 1. The van der Waals surface area contributed by atoms with Gasteiger partial charge in [-0.25, -0.2) is 17.2 Å². The van der Waals surface area contributed by atoms with Crippen LogP contribution < -0.4 is 5.32 Å². The van der Waals surface area contributed by atoms with Crippen molar-refractivity contribution in [1.29, 1.82) is 0 Å². The van der Waals surface area contributed by atoms with E-state index in [4.69, 9.17) is 0 Å². The second kappa shape index (κ2) is 6.40. The molecule has 0 saturated carbocycles. The van der Waals surface area contributed by atoms with Crippen molar-refractivity contribution in [2.45, 2.75) is 20.3 Å². The topological polar surface area (TPSA) is 79.6 Å². The highest BCUT2D eigenvalue weighted by Gasteiger charge is 2.13. The summed E-state index contributed by atoms with van der Waals surface area (Å²) in [6.45, 7) is 5.43. The molecule has 2 heterocycles. The van der Waals surface area contributed by atoms with E-state index in [1.807, 2.05) is 32.2 Å². The van der Waals surface area contributed by atoms with E-state index in [0.29, 0.717) is 32.0 Å². The lowest BCUT2D eigenvalue weighted by Gasteiger charge is -2.17. The smallest absolute Gasteiger partial charge is 0.243 e. The third-order valence-corrected chi connectivity index (χ3v) is 4.63. The largest absolute Gasteiger partial charge is 0.353 e. The number of hydrogen-bond donors (Lipinski definition) is 1. The number of rotatable bonds is 7. The van der Waals surface area contributed by atoms with Gasteiger partial charge in [-0.05, 0) is 25.0 Å². The van der Waals surface area contributed by atoms with E-state index >= 15 is 0 Å². The van der Waals surface area contributed by atoms with Crippen LogP contribution in [0.5, 0.6) is 0 Å². The molecule has 0 aliphatic rings. The molecule has 0 spiro atoms. The van der Waals surface area contributed by atoms with E-state index < -0.39 is 10.0 Å². The van der Waals surface area contributed by atoms with E-state index in [-0.39, 0.29) is 0 Å². The first-order valence-electron chi connectivity index (χ1n) is 6.93. The Morgan fingerprint density at radius 2 is 2.19 bits per heavy atom. The first-order valence-corrected chi connectivity index (χ1v) is 8.77. The fourth-order valence-electron chi connectivity index (χ4n) is 2.13. The lowest BCUT2D eigenvalue weighted by atomic mass is 10.3. The standard InChI is InChI=1S/C13H21N5O2S/c1-4-17(21(3,19)20)9-6-8-14-13-15-12-11(2)7-5-10-18(12)16-13/h5,7,10H,4,6,8-9H2,1-3H3,(H,14,16). The first kappa shape index (κ1) is 15.7. The van der Waals surface area contributed by atoms with Crippen molar-refractivity contribution >= 4 is 21.6 Å². The second-order valence-corrected chi connectivity index (χ2v) is 6.91. The number of sulfonamides is 1. The summed E-state index contributed by atoms with van der Waals surface area (Å²) in [5.41, 5.74) is 1.89. The monoisotopic (exact) mass is 311 g/mol. The highest BCUT2D eigenvalue weighted by atomic mass is 32.2. The third-order valence-electron chi connectivity index (χ3n) is 3.25. The van der Waals surface area contributed by atoms with Crippen LogP contribution in [0.2, 0.25) is 0 Å². The molecule has 0 saturated heterocycles. The highest BCUT2D eigenvalue weighted by molar-refractivity contribution is 7.88. The van der Waals surface area contributed by atoms with Crippen LogP contribution in [-0.4, -0.2) is 53.2 Å². The van der Waals surface area contributed by atoms with Gasteiger partial charge in [-0.15, -0.1) is 5.10 Å². The van der Waals surface area contributed by atoms with Crippen molar-refractivity contribution in [3.8, 4) is 0 Å². The Balaban J connectivity index is 1.89. The first-order chi connectivity index (χ1) is 9.91. The number of aryl methyl sites for hydroxylation is 1. The molecule has 21 heavy (non-hydrogen) atoms. The minimum atomic E-state index is -3.12. The summed E-state index contributed by atoms with van der Waals surface area (Å²) in [7, 11) is -3.12. The van der Waals surface area contributed by atoms with Crippen LogP contribution in [0.25, 0.3) is 5.65 Å². The van der Waals surface area contributed by atoms with Gasteiger partial charge in [0.2, 0.25) is 16.0 Å². The van der Waals surface area contributed by atoms with Gasteiger partial charge in [0, 0.05) is 25.8 Å². The summed E-state index contributed by atoms with van der Waals surface area (Å²) in [4.78, 5) is 4.41. The molecule has 0 atom stereocenters. The van der Waals surface area contributed by atoms with Crippen molar-refractivity contribution in [2.75, 3.05) is 31.2 Å². The zero-order valence-electron chi connectivity index (χ0n) is 12.6. The minimum Gasteiger partial charge on any atom is -0.353 e. The van der Waals surface area contributed by atoms with E-state index in [0.717, 1.165) is 11.2 Å². The summed E-state index contributed by atoms with van der Waals surface area (Å²) in [5, 5.41) is 7.45. The molecule has 0 fully saturated rings. The van der Waals surface area contributed by atoms with Crippen LogP contribution in [0.15, 0.2) is 18.3 Å². The zero-order chi connectivity index (χ0) is 15.5. The predicted octanol–water partition coefficient (Wildman–Crippen LogP) is 1.12. The molecule has 7 nitrogen and oxygen atoms in total. The molecule has 0 unspecified atom stereocenters. The Hall–Kier alpha value is -1.67. The molecule has 0 bridgehead atoms. The number of anilines is 1. The maximum Gasteiger partial charge on any atom is 0.243 e. The Bertz CT molecular complexity index is 710. The van der Waals surface area contributed by atoms with Gasteiger partial charge in [-0.1, -0.05) is 13.0 Å². The molecule has 2 aromatic rings. The summed E-state index contributed by atoms with van der Waals surface area (Å²) in [6, 6.07) is 3.91. The predicted molar refractivity (Wildman–Crippen MR) is 82.9 cm³/mol. The SMILES string of the molecule is CCN(CCCNc1nc2c(C)cccn2n1)S(C)(=O)=O. The van der Waals surface area contributed by atoms with Crippen LogP contribution in [0, 0.1) is 6.92 Å². The van der Waals surface area contributed by atoms with Crippen LogP contribution >= 0.6 is 0 Å². The molecule has 0 aromatic carbocycles. The van der Waals surface area contributed by atoms with Crippen LogP contribution in [-0.2, 0) is 10.0 Å². The van der Waals surface area contributed by atoms with Gasteiger partial charge in [0.15, 0.2) is 5.65 Å². The summed E-state index contributed by atoms with van der Waals surface area (Å²) < 4.78 is 26.1. The molecule has 0 radical (unpaired) electrons. The Labute approximate surface area is 125 Å². The van der Waals surface area contributed by atoms with Crippen LogP contribution in [0.1, 0.15) is 18.9 Å².